The first-order chi connectivity index (χ1) is 15.0. The second-order valence-corrected chi connectivity index (χ2v) is 9.48. The number of benzene rings is 1. The highest BCUT2D eigenvalue weighted by Gasteiger charge is 2.22. The van der Waals surface area contributed by atoms with Gasteiger partial charge in [0.1, 0.15) is 0 Å². The summed E-state index contributed by atoms with van der Waals surface area (Å²) in [5.74, 6) is 0. The molecule has 2 amide bonds. The molecule has 0 saturated carbocycles. The lowest BCUT2D eigenvalue weighted by atomic mass is 10.2. The minimum Gasteiger partial charge on any atom is -0.368 e. The molecule has 0 unspecified atom stereocenters. The summed E-state index contributed by atoms with van der Waals surface area (Å²) in [7, 11) is 0. The Labute approximate surface area is 188 Å². The Morgan fingerprint density at radius 1 is 1.23 bits per heavy atom. The van der Waals surface area contributed by atoms with Crippen molar-refractivity contribution in [2.75, 3.05) is 37.6 Å². The number of urea groups is 1. The molecule has 3 aromatic rings. The number of thiophene rings is 1. The van der Waals surface area contributed by atoms with E-state index in [1.807, 2.05) is 13.0 Å². The monoisotopic (exact) mass is 457 g/mol. The van der Waals surface area contributed by atoms with E-state index < -0.39 is 0 Å². The zero-order valence-electron chi connectivity index (χ0n) is 17.1. The largest absolute Gasteiger partial charge is 0.368 e. The minimum atomic E-state index is -0.387. The number of aryl methyl sites for hydroxylation is 1. The number of nitrogens with zero attached hydrogens (tertiary/aromatic N) is 4. The molecule has 1 saturated heterocycles. The van der Waals surface area contributed by atoms with Gasteiger partial charge < -0.3 is 15.1 Å². The van der Waals surface area contributed by atoms with Gasteiger partial charge in [0.25, 0.3) is 5.69 Å². The third-order valence-electron chi connectivity index (χ3n) is 5.15. The number of nitrogens with one attached hydrogen (secondary N) is 1. The van der Waals surface area contributed by atoms with Crippen LogP contribution in [0.5, 0.6) is 0 Å². The first-order valence-electron chi connectivity index (χ1n) is 10.0. The molecule has 162 valence electrons. The smallest absolute Gasteiger partial charge is 0.317 e. The van der Waals surface area contributed by atoms with E-state index in [2.05, 4.69) is 32.7 Å². The van der Waals surface area contributed by atoms with Gasteiger partial charge in [0.15, 0.2) is 0 Å². The van der Waals surface area contributed by atoms with Crippen molar-refractivity contribution in [2.45, 2.75) is 13.3 Å². The maximum absolute atomic E-state index is 12.5. The zero-order chi connectivity index (χ0) is 21.8. The molecule has 1 fully saturated rings. The number of anilines is 1. The van der Waals surface area contributed by atoms with Gasteiger partial charge in [0.05, 0.1) is 20.5 Å². The fourth-order valence-electron chi connectivity index (χ4n) is 3.50. The number of nitro benzene ring substituents is 1. The summed E-state index contributed by atoms with van der Waals surface area (Å²) in [5.41, 5.74) is 1.92. The number of amides is 2. The standard InChI is InChI=1S/C21H23N5O3S2/c1-15-23-19(14-30-15)20-6-5-18(31-20)7-8-22-21(27)25-11-9-24(10-12-25)16-3-2-4-17(13-16)26(28)29/h2-6,13-14H,7-12H2,1H3,(H,22,27). The molecule has 2 aromatic heterocycles. The Kier molecular flexibility index (Phi) is 6.47. The van der Waals surface area contributed by atoms with Gasteiger partial charge in [-0.25, -0.2) is 9.78 Å². The molecule has 4 rings (SSSR count). The number of carbonyl (C=O) groups is 1. The summed E-state index contributed by atoms with van der Waals surface area (Å²) in [6, 6.07) is 10.7. The summed E-state index contributed by atoms with van der Waals surface area (Å²) in [5, 5.41) is 17.1. The number of hydrogen-bond acceptors (Lipinski definition) is 7. The molecular formula is C21H23N5O3S2. The van der Waals surface area contributed by atoms with Gasteiger partial charge >= 0.3 is 6.03 Å². The molecule has 1 aliphatic rings. The molecule has 0 aliphatic carbocycles. The molecule has 8 nitrogen and oxygen atoms in total. The molecule has 3 heterocycles. The van der Waals surface area contributed by atoms with Crippen LogP contribution in [0.2, 0.25) is 0 Å². The van der Waals surface area contributed by atoms with E-state index in [4.69, 9.17) is 0 Å². The average molecular weight is 458 g/mol. The van der Waals surface area contributed by atoms with Gasteiger partial charge in [0.2, 0.25) is 0 Å². The number of aromatic nitrogens is 1. The van der Waals surface area contributed by atoms with E-state index in [9.17, 15) is 14.9 Å². The molecule has 1 N–H and O–H groups in total. The molecule has 10 heteroatoms. The van der Waals surface area contributed by atoms with Gasteiger partial charge in [-0.05, 0) is 31.5 Å². The van der Waals surface area contributed by atoms with Crippen LogP contribution in [-0.2, 0) is 6.42 Å². The summed E-state index contributed by atoms with van der Waals surface area (Å²) >= 11 is 3.36. The van der Waals surface area contributed by atoms with Crippen LogP contribution >= 0.6 is 22.7 Å². The Hall–Kier alpha value is -2.98. The highest BCUT2D eigenvalue weighted by molar-refractivity contribution is 7.16. The Morgan fingerprint density at radius 2 is 2.03 bits per heavy atom. The van der Waals surface area contributed by atoms with Crippen molar-refractivity contribution in [3.63, 3.8) is 0 Å². The van der Waals surface area contributed by atoms with E-state index >= 15 is 0 Å². The number of carbonyl (C=O) groups excluding carboxylic acids is 1. The van der Waals surface area contributed by atoms with Crippen LogP contribution in [0, 0.1) is 17.0 Å². The molecule has 0 spiro atoms. The third kappa shape index (κ3) is 5.20. The van der Waals surface area contributed by atoms with E-state index in [0.29, 0.717) is 32.7 Å². The summed E-state index contributed by atoms with van der Waals surface area (Å²) in [6.07, 6.45) is 0.785. The summed E-state index contributed by atoms with van der Waals surface area (Å²) < 4.78 is 0. The zero-order valence-corrected chi connectivity index (χ0v) is 18.7. The van der Waals surface area contributed by atoms with E-state index in [1.165, 1.54) is 10.9 Å². The van der Waals surface area contributed by atoms with Crippen LogP contribution < -0.4 is 10.2 Å². The van der Waals surface area contributed by atoms with Crippen molar-refractivity contribution >= 4 is 40.1 Å². The first-order valence-corrected chi connectivity index (χ1v) is 11.7. The molecule has 1 aliphatic heterocycles. The van der Waals surface area contributed by atoms with E-state index in [-0.39, 0.29) is 16.6 Å². The number of rotatable bonds is 6. The fraction of sp³-hybridized carbons (Fsp3) is 0.333. The van der Waals surface area contributed by atoms with Crippen molar-refractivity contribution in [3.05, 3.63) is 61.8 Å². The molecular weight excluding hydrogens is 434 g/mol. The Morgan fingerprint density at radius 3 is 2.74 bits per heavy atom. The van der Waals surface area contributed by atoms with E-state index in [1.54, 1.807) is 39.7 Å². The number of thiazole rings is 1. The highest BCUT2D eigenvalue weighted by Crippen LogP contribution is 2.29. The van der Waals surface area contributed by atoms with Gasteiger partial charge in [0, 0.05) is 60.8 Å². The number of non-ortho nitro benzene ring substituents is 1. The second kappa shape index (κ2) is 9.44. The SMILES string of the molecule is Cc1nc(-c2ccc(CCNC(=O)N3CCN(c4cccc([N+](=O)[O-])c4)CC3)s2)cs1. The maximum atomic E-state index is 12.5. The number of nitro groups is 1. The molecule has 0 bridgehead atoms. The lowest BCUT2D eigenvalue weighted by Gasteiger charge is -2.36. The quantitative estimate of drug-likeness (QED) is 0.443. The second-order valence-electron chi connectivity index (χ2n) is 7.25. The lowest BCUT2D eigenvalue weighted by molar-refractivity contribution is -0.384. The average Bonchev–Trinajstić information content (AvgIpc) is 3.43. The predicted octanol–water partition coefficient (Wildman–Crippen LogP) is 4.16. The minimum absolute atomic E-state index is 0.0643. The topological polar surface area (TPSA) is 91.6 Å². The number of piperazine rings is 1. The first kappa shape index (κ1) is 21.3. The summed E-state index contributed by atoms with van der Waals surface area (Å²) in [6.45, 7) is 5.05. The molecule has 31 heavy (non-hydrogen) atoms. The van der Waals surface area contributed by atoms with Crippen LogP contribution in [0.25, 0.3) is 10.6 Å². The molecule has 0 radical (unpaired) electrons. The highest BCUT2D eigenvalue weighted by atomic mass is 32.1. The fourth-order valence-corrected chi connectivity index (χ4v) is 5.16. The van der Waals surface area contributed by atoms with Crippen LogP contribution in [0.3, 0.4) is 0 Å². The maximum Gasteiger partial charge on any atom is 0.317 e. The lowest BCUT2D eigenvalue weighted by Crippen LogP contribution is -2.52. The van der Waals surface area contributed by atoms with Crippen LogP contribution in [0.15, 0.2) is 41.8 Å². The Balaban J connectivity index is 1.23. The number of hydrogen-bond donors (Lipinski definition) is 1. The van der Waals surface area contributed by atoms with Gasteiger partial charge in [-0.1, -0.05) is 6.07 Å². The normalized spacial score (nSPS) is 14.0. The van der Waals surface area contributed by atoms with Crippen molar-refractivity contribution in [3.8, 4) is 10.6 Å². The predicted molar refractivity (Wildman–Crippen MR) is 124 cm³/mol. The van der Waals surface area contributed by atoms with Gasteiger partial charge in [-0.2, -0.15) is 0 Å². The van der Waals surface area contributed by atoms with Crippen molar-refractivity contribution < 1.29 is 9.72 Å². The van der Waals surface area contributed by atoms with Crippen molar-refractivity contribution in [1.29, 1.82) is 0 Å². The van der Waals surface area contributed by atoms with Crippen LogP contribution in [0.4, 0.5) is 16.2 Å². The van der Waals surface area contributed by atoms with E-state index in [0.717, 1.165) is 27.7 Å². The molecule has 0 atom stereocenters. The van der Waals surface area contributed by atoms with Crippen LogP contribution in [-0.4, -0.2) is 53.6 Å². The Bertz CT molecular complexity index is 1070. The van der Waals surface area contributed by atoms with Crippen molar-refractivity contribution in [2.24, 2.45) is 0 Å². The summed E-state index contributed by atoms with van der Waals surface area (Å²) in [4.78, 5) is 33.9. The van der Waals surface area contributed by atoms with Gasteiger partial charge in [-0.3, -0.25) is 10.1 Å². The van der Waals surface area contributed by atoms with Crippen molar-refractivity contribution in [1.82, 2.24) is 15.2 Å². The van der Waals surface area contributed by atoms with Gasteiger partial charge in [-0.15, -0.1) is 22.7 Å². The third-order valence-corrected chi connectivity index (χ3v) is 7.09. The molecule has 1 aromatic carbocycles. The van der Waals surface area contributed by atoms with Crippen LogP contribution in [0.1, 0.15) is 9.88 Å².